The fourth-order valence-electron chi connectivity index (χ4n) is 3.09. The summed E-state index contributed by atoms with van der Waals surface area (Å²) in [6, 6.07) is 15.8. The molecule has 4 nitrogen and oxygen atoms in total. The zero-order valence-electron chi connectivity index (χ0n) is 16.5. The highest BCUT2D eigenvalue weighted by Crippen LogP contribution is 2.32. The number of anilines is 2. The van der Waals surface area contributed by atoms with Gasteiger partial charge in [-0.1, -0.05) is 66.3 Å². The predicted molar refractivity (Wildman–Crippen MR) is 126 cm³/mol. The molecule has 0 aliphatic rings. The third kappa shape index (κ3) is 5.04. The number of hydrogen-bond acceptors (Lipinski definition) is 5. The van der Waals surface area contributed by atoms with Gasteiger partial charge >= 0.3 is 0 Å². The van der Waals surface area contributed by atoms with Crippen LogP contribution in [0.5, 0.6) is 0 Å². The molecule has 0 bridgehead atoms. The van der Waals surface area contributed by atoms with Gasteiger partial charge < -0.3 is 9.84 Å². The summed E-state index contributed by atoms with van der Waals surface area (Å²) in [5, 5.41) is 11.2. The molecule has 0 aliphatic heterocycles. The van der Waals surface area contributed by atoms with E-state index in [9.17, 15) is 0 Å². The molecule has 0 saturated heterocycles. The van der Waals surface area contributed by atoms with Gasteiger partial charge in [-0.05, 0) is 42.7 Å². The molecule has 2 aromatic heterocycles. The number of thiazole rings is 1. The van der Waals surface area contributed by atoms with Gasteiger partial charge in [0.1, 0.15) is 11.4 Å². The highest BCUT2D eigenvalue weighted by molar-refractivity contribution is 7.14. The minimum Gasteiger partial charge on any atom is -0.354 e. The Morgan fingerprint density at radius 2 is 1.80 bits per heavy atom. The third-order valence-corrected chi connectivity index (χ3v) is 6.25. The lowest BCUT2D eigenvalue weighted by Crippen LogP contribution is -1.91. The van der Waals surface area contributed by atoms with Crippen LogP contribution in [0.1, 0.15) is 31.7 Å². The van der Waals surface area contributed by atoms with Crippen LogP contribution >= 0.6 is 34.5 Å². The SMILES string of the molecule is CCCCCc1ccc(Nc2nc(-c3cc(-c4ccc(Cl)c(Cl)c4)no3)cs2)cc1. The third-order valence-electron chi connectivity index (χ3n) is 4.76. The van der Waals surface area contributed by atoms with Crippen LogP contribution in [0.3, 0.4) is 0 Å². The lowest BCUT2D eigenvalue weighted by Gasteiger charge is -2.05. The van der Waals surface area contributed by atoms with E-state index >= 15 is 0 Å². The van der Waals surface area contributed by atoms with Crippen molar-refractivity contribution in [1.82, 2.24) is 10.1 Å². The number of aryl methyl sites for hydroxylation is 1. The van der Waals surface area contributed by atoms with E-state index in [-0.39, 0.29) is 0 Å². The minimum atomic E-state index is 0.482. The zero-order valence-corrected chi connectivity index (χ0v) is 18.8. The van der Waals surface area contributed by atoms with Crippen molar-refractivity contribution in [3.63, 3.8) is 0 Å². The fourth-order valence-corrected chi connectivity index (χ4v) is 4.11. The maximum Gasteiger partial charge on any atom is 0.187 e. The molecule has 2 heterocycles. The zero-order chi connectivity index (χ0) is 20.9. The standard InChI is InChI=1S/C23H21Cl2N3OS/c1-2-3-4-5-15-6-9-17(10-7-15)26-23-27-21(14-30-23)22-13-20(28-29-22)16-8-11-18(24)19(25)12-16/h6-14H,2-5H2,1H3,(H,26,27). The van der Waals surface area contributed by atoms with Gasteiger partial charge in [-0.15, -0.1) is 11.3 Å². The van der Waals surface area contributed by atoms with Crippen LogP contribution in [0, 0.1) is 0 Å². The van der Waals surface area contributed by atoms with Gasteiger partial charge in [-0.25, -0.2) is 4.98 Å². The summed E-state index contributed by atoms with van der Waals surface area (Å²) in [5.74, 6) is 0.603. The second-order valence-electron chi connectivity index (χ2n) is 7.02. The first-order chi connectivity index (χ1) is 14.6. The number of nitrogens with zero attached hydrogens (tertiary/aromatic N) is 2. The second-order valence-corrected chi connectivity index (χ2v) is 8.69. The van der Waals surface area contributed by atoms with E-state index in [4.69, 9.17) is 27.7 Å². The van der Waals surface area contributed by atoms with Gasteiger partial charge in [0.25, 0.3) is 0 Å². The molecule has 0 atom stereocenters. The molecule has 0 amide bonds. The molecule has 0 fully saturated rings. The topological polar surface area (TPSA) is 51.0 Å². The molecule has 0 radical (unpaired) electrons. The first-order valence-electron chi connectivity index (χ1n) is 9.86. The monoisotopic (exact) mass is 457 g/mol. The van der Waals surface area contributed by atoms with E-state index in [0.717, 1.165) is 28.5 Å². The number of unbranched alkanes of at least 4 members (excludes halogenated alkanes) is 2. The molecule has 4 rings (SSSR count). The Morgan fingerprint density at radius 3 is 2.57 bits per heavy atom. The van der Waals surface area contributed by atoms with Crippen molar-refractivity contribution < 1.29 is 4.52 Å². The summed E-state index contributed by atoms with van der Waals surface area (Å²) in [6.45, 7) is 2.22. The van der Waals surface area contributed by atoms with Crippen molar-refractivity contribution in [2.45, 2.75) is 32.6 Å². The van der Waals surface area contributed by atoms with E-state index in [2.05, 4.69) is 46.6 Å². The number of aromatic nitrogens is 2. The molecular formula is C23H21Cl2N3OS. The van der Waals surface area contributed by atoms with E-state index < -0.39 is 0 Å². The molecule has 2 aromatic carbocycles. The van der Waals surface area contributed by atoms with Crippen LogP contribution in [0.2, 0.25) is 10.0 Å². The molecular weight excluding hydrogens is 437 g/mol. The Hall–Kier alpha value is -2.34. The number of benzene rings is 2. The number of halogens is 2. The first kappa shape index (κ1) is 20.9. The number of nitrogens with one attached hydrogen (secondary N) is 1. The summed E-state index contributed by atoms with van der Waals surface area (Å²) < 4.78 is 5.49. The molecule has 4 aromatic rings. The number of rotatable bonds is 8. The van der Waals surface area contributed by atoms with Crippen molar-refractivity contribution in [3.8, 4) is 22.7 Å². The highest BCUT2D eigenvalue weighted by Gasteiger charge is 2.13. The van der Waals surface area contributed by atoms with E-state index in [0.29, 0.717) is 21.5 Å². The summed E-state index contributed by atoms with van der Waals surface area (Å²) in [6.07, 6.45) is 4.88. The summed E-state index contributed by atoms with van der Waals surface area (Å²) in [7, 11) is 0. The van der Waals surface area contributed by atoms with Gasteiger partial charge in [0.2, 0.25) is 0 Å². The average Bonchev–Trinajstić information content (AvgIpc) is 3.41. The molecule has 154 valence electrons. The largest absolute Gasteiger partial charge is 0.354 e. The van der Waals surface area contributed by atoms with Gasteiger partial charge in [-0.3, -0.25) is 0 Å². The van der Waals surface area contributed by atoms with Crippen LogP contribution < -0.4 is 5.32 Å². The van der Waals surface area contributed by atoms with Crippen molar-refractivity contribution in [2.24, 2.45) is 0 Å². The summed E-state index contributed by atoms with van der Waals surface area (Å²) in [4.78, 5) is 4.62. The van der Waals surface area contributed by atoms with Crippen molar-refractivity contribution in [2.75, 3.05) is 5.32 Å². The lowest BCUT2D eigenvalue weighted by molar-refractivity contribution is 0.434. The maximum atomic E-state index is 6.10. The van der Waals surface area contributed by atoms with E-state index in [1.165, 1.54) is 36.2 Å². The van der Waals surface area contributed by atoms with E-state index in [1.807, 2.05) is 17.5 Å². The Morgan fingerprint density at radius 1 is 0.967 bits per heavy atom. The van der Waals surface area contributed by atoms with Crippen molar-refractivity contribution >= 4 is 45.4 Å². The normalized spacial score (nSPS) is 11.0. The lowest BCUT2D eigenvalue weighted by atomic mass is 10.1. The van der Waals surface area contributed by atoms with Gasteiger partial charge in [-0.2, -0.15) is 0 Å². The fraction of sp³-hybridized carbons (Fsp3) is 0.217. The predicted octanol–water partition coefficient (Wildman–Crippen LogP) is 8.25. The van der Waals surface area contributed by atoms with Crippen LogP contribution in [0.25, 0.3) is 22.7 Å². The van der Waals surface area contributed by atoms with Crippen molar-refractivity contribution in [1.29, 1.82) is 0 Å². The van der Waals surface area contributed by atoms with Crippen LogP contribution in [0.15, 0.2) is 58.4 Å². The average molecular weight is 458 g/mol. The highest BCUT2D eigenvalue weighted by atomic mass is 35.5. The Kier molecular flexibility index (Phi) is 6.72. The molecule has 7 heteroatoms. The molecule has 0 unspecified atom stereocenters. The molecule has 0 spiro atoms. The van der Waals surface area contributed by atoms with E-state index in [1.54, 1.807) is 12.1 Å². The Bertz CT molecular complexity index is 1120. The Balaban J connectivity index is 1.43. The van der Waals surface area contributed by atoms with Gasteiger partial charge in [0.15, 0.2) is 10.9 Å². The van der Waals surface area contributed by atoms with Crippen LogP contribution in [0.4, 0.5) is 10.8 Å². The molecule has 0 saturated carbocycles. The first-order valence-corrected chi connectivity index (χ1v) is 11.5. The van der Waals surface area contributed by atoms with Gasteiger partial charge in [0, 0.05) is 22.7 Å². The quantitative estimate of drug-likeness (QED) is 0.270. The summed E-state index contributed by atoms with van der Waals surface area (Å²) in [5.41, 5.74) is 4.64. The molecule has 0 aliphatic carbocycles. The summed E-state index contributed by atoms with van der Waals surface area (Å²) >= 11 is 13.6. The maximum absolute atomic E-state index is 6.10. The Labute approximate surface area is 189 Å². The molecule has 30 heavy (non-hydrogen) atoms. The van der Waals surface area contributed by atoms with Crippen molar-refractivity contribution in [3.05, 3.63) is 69.5 Å². The smallest absolute Gasteiger partial charge is 0.187 e. The molecule has 1 N–H and O–H groups in total. The van der Waals surface area contributed by atoms with Crippen LogP contribution in [-0.2, 0) is 6.42 Å². The van der Waals surface area contributed by atoms with Gasteiger partial charge in [0.05, 0.1) is 10.0 Å². The van der Waals surface area contributed by atoms with Crippen LogP contribution in [-0.4, -0.2) is 10.1 Å². The number of hydrogen-bond donors (Lipinski definition) is 1. The second kappa shape index (κ2) is 9.65. The minimum absolute atomic E-state index is 0.482.